The van der Waals surface area contributed by atoms with Crippen molar-refractivity contribution in [2.24, 2.45) is 0 Å². The highest BCUT2D eigenvalue weighted by Gasteiger charge is 1.76. The number of hydrogen-bond donors (Lipinski definition) is 2. The van der Waals surface area contributed by atoms with Crippen molar-refractivity contribution in [3.63, 3.8) is 0 Å². The molecule has 0 fully saturated rings. The number of nitrogens with one attached hydrogen (secondary N) is 1. The molecular formula is C6H21Cl3N2. The Kier molecular flexibility index (Phi) is 83.5. The summed E-state index contributed by atoms with van der Waals surface area (Å²) in [5.74, 6) is 0. The molecule has 0 amide bonds. The summed E-state index contributed by atoms with van der Waals surface area (Å²) in [4.78, 5) is 0. The van der Waals surface area contributed by atoms with Gasteiger partial charge in [-0.2, -0.15) is 0 Å². The van der Waals surface area contributed by atoms with Crippen molar-refractivity contribution < 1.29 is 0 Å². The Morgan fingerprint density at radius 3 is 1.27 bits per heavy atom. The van der Waals surface area contributed by atoms with Crippen LogP contribution in [0.4, 0.5) is 0 Å². The van der Waals surface area contributed by atoms with E-state index in [1.54, 1.807) is 0 Å². The molecule has 0 radical (unpaired) electrons. The Morgan fingerprint density at radius 1 is 0.818 bits per heavy atom. The van der Waals surface area contributed by atoms with E-state index in [4.69, 9.17) is 0 Å². The van der Waals surface area contributed by atoms with E-state index in [0.29, 0.717) is 0 Å². The first kappa shape index (κ1) is 29.8. The molecule has 0 aliphatic rings. The van der Waals surface area contributed by atoms with E-state index in [2.05, 4.69) is 19.2 Å². The van der Waals surface area contributed by atoms with E-state index >= 15 is 0 Å². The van der Waals surface area contributed by atoms with Gasteiger partial charge in [-0.1, -0.05) is 13.8 Å². The van der Waals surface area contributed by atoms with Crippen LogP contribution in [-0.4, -0.2) is 13.1 Å². The molecule has 4 N–H and O–H groups in total. The van der Waals surface area contributed by atoms with Crippen molar-refractivity contribution in [1.29, 1.82) is 0 Å². The minimum Gasteiger partial charge on any atom is -0.344 e. The Balaban J connectivity index is -0.0000000300. The zero-order valence-electron chi connectivity index (χ0n) is 7.26. The zero-order chi connectivity index (χ0) is 5.54. The van der Waals surface area contributed by atoms with E-state index in [1.165, 1.54) is 25.9 Å². The summed E-state index contributed by atoms with van der Waals surface area (Å²) in [5.41, 5.74) is 0. The molecule has 0 heterocycles. The molecule has 0 atom stereocenters. The van der Waals surface area contributed by atoms with Gasteiger partial charge in [0.05, 0.1) is 0 Å². The van der Waals surface area contributed by atoms with Crippen LogP contribution >= 0.6 is 37.2 Å². The molecule has 0 saturated heterocycles. The molecule has 0 aromatic heterocycles. The van der Waals surface area contributed by atoms with E-state index < -0.39 is 0 Å². The number of rotatable bonds is 4. The van der Waals surface area contributed by atoms with Gasteiger partial charge < -0.3 is 11.5 Å². The third-order valence-electron chi connectivity index (χ3n) is 0.854. The van der Waals surface area contributed by atoms with E-state index in [9.17, 15) is 0 Å². The maximum atomic E-state index is 3.28. The van der Waals surface area contributed by atoms with Gasteiger partial charge in [-0.3, -0.25) is 0 Å². The average Bonchev–Trinajstić information content (AvgIpc) is 1.69. The summed E-state index contributed by atoms with van der Waals surface area (Å²) in [5, 5.41) is 3.28. The van der Waals surface area contributed by atoms with Crippen molar-refractivity contribution in [2.75, 3.05) is 13.1 Å². The van der Waals surface area contributed by atoms with Crippen LogP contribution in [0.2, 0.25) is 0 Å². The van der Waals surface area contributed by atoms with Crippen LogP contribution in [-0.2, 0) is 0 Å². The van der Waals surface area contributed by atoms with Crippen LogP contribution in [0.3, 0.4) is 0 Å². The Labute approximate surface area is 88.7 Å². The number of hydrogen-bond acceptors (Lipinski definition) is 2. The highest BCUT2D eigenvalue weighted by molar-refractivity contribution is 5.86. The smallest absolute Gasteiger partial charge is 0.00516 e. The quantitative estimate of drug-likeness (QED) is 0.726. The summed E-state index contributed by atoms with van der Waals surface area (Å²) in [6.45, 7) is 6.72. The topological polar surface area (TPSA) is 47.0 Å². The van der Waals surface area contributed by atoms with Gasteiger partial charge in [0.25, 0.3) is 0 Å². The molecule has 0 aromatic carbocycles. The van der Waals surface area contributed by atoms with Crippen LogP contribution < -0.4 is 11.5 Å². The fourth-order valence-electron chi connectivity index (χ4n) is 0.479. The largest absolute Gasteiger partial charge is 0.344 e. The highest BCUT2D eigenvalue weighted by Crippen LogP contribution is 1.71. The van der Waals surface area contributed by atoms with Gasteiger partial charge in [0.2, 0.25) is 0 Å². The maximum absolute atomic E-state index is 3.28. The molecule has 0 unspecified atom stereocenters. The van der Waals surface area contributed by atoms with Crippen LogP contribution in [0.1, 0.15) is 26.7 Å². The molecule has 2 nitrogen and oxygen atoms in total. The predicted molar refractivity (Wildman–Crippen MR) is 60.2 cm³/mol. The molecule has 11 heavy (non-hydrogen) atoms. The third-order valence-corrected chi connectivity index (χ3v) is 0.854. The van der Waals surface area contributed by atoms with Crippen molar-refractivity contribution >= 4 is 37.2 Å². The summed E-state index contributed by atoms with van der Waals surface area (Å²) in [7, 11) is 0. The second-order valence-corrected chi connectivity index (χ2v) is 1.75. The molecule has 0 spiro atoms. The van der Waals surface area contributed by atoms with Crippen LogP contribution in [0.15, 0.2) is 0 Å². The van der Waals surface area contributed by atoms with Crippen molar-refractivity contribution in [2.45, 2.75) is 26.7 Å². The molecule has 76 valence electrons. The summed E-state index contributed by atoms with van der Waals surface area (Å²) < 4.78 is 0. The lowest BCUT2D eigenvalue weighted by Gasteiger charge is -1.95. The molecule has 0 aliphatic carbocycles. The summed E-state index contributed by atoms with van der Waals surface area (Å²) in [6, 6.07) is 0. The standard InChI is InChI=1S/C6H15N.3ClH.H3N/c1-3-5-7-6-4-2;;;;/h7H,3-6H2,1-2H3;3*1H;1H3. The lowest BCUT2D eigenvalue weighted by atomic mass is 10.4. The lowest BCUT2D eigenvalue weighted by Crippen LogP contribution is -2.14. The summed E-state index contributed by atoms with van der Waals surface area (Å²) in [6.07, 6.45) is 2.50. The molecule has 5 heteroatoms. The molecule has 0 aromatic rings. The van der Waals surface area contributed by atoms with Gasteiger partial charge in [0.15, 0.2) is 0 Å². The molecule has 0 aliphatic heterocycles. The third kappa shape index (κ3) is 36.3. The lowest BCUT2D eigenvalue weighted by molar-refractivity contribution is 0.662. The van der Waals surface area contributed by atoms with Crippen LogP contribution in [0, 0.1) is 0 Å². The van der Waals surface area contributed by atoms with E-state index in [1.807, 2.05) is 0 Å². The maximum Gasteiger partial charge on any atom is -0.00516 e. The Morgan fingerprint density at radius 2 is 1.09 bits per heavy atom. The molecule has 0 rings (SSSR count). The Bertz CT molecular complexity index is 35.0. The SMILES string of the molecule is CCCNCCC.Cl.Cl.Cl.N. The minimum absolute atomic E-state index is 0. The van der Waals surface area contributed by atoms with Crippen LogP contribution in [0.5, 0.6) is 0 Å². The van der Waals surface area contributed by atoms with Gasteiger partial charge in [-0.15, -0.1) is 37.2 Å². The van der Waals surface area contributed by atoms with Gasteiger partial charge in [0.1, 0.15) is 0 Å². The molecule has 0 saturated carbocycles. The molecule has 0 bridgehead atoms. The fraction of sp³-hybridized carbons (Fsp3) is 1.00. The van der Waals surface area contributed by atoms with Gasteiger partial charge >= 0.3 is 0 Å². The van der Waals surface area contributed by atoms with E-state index in [-0.39, 0.29) is 43.4 Å². The normalized spacial score (nSPS) is 6.00. The van der Waals surface area contributed by atoms with Crippen LogP contribution in [0.25, 0.3) is 0 Å². The highest BCUT2D eigenvalue weighted by atomic mass is 35.5. The van der Waals surface area contributed by atoms with Gasteiger partial charge in [-0.05, 0) is 25.9 Å². The fourth-order valence-corrected chi connectivity index (χ4v) is 0.479. The van der Waals surface area contributed by atoms with E-state index in [0.717, 1.165) is 0 Å². The Hall–Kier alpha value is 0.790. The van der Waals surface area contributed by atoms with Crippen molar-refractivity contribution in [3.05, 3.63) is 0 Å². The van der Waals surface area contributed by atoms with Crippen molar-refractivity contribution in [3.8, 4) is 0 Å². The van der Waals surface area contributed by atoms with Crippen molar-refractivity contribution in [1.82, 2.24) is 11.5 Å². The first-order chi connectivity index (χ1) is 3.41. The summed E-state index contributed by atoms with van der Waals surface area (Å²) >= 11 is 0. The zero-order valence-corrected chi connectivity index (χ0v) is 9.71. The van der Waals surface area contributed by atoms with Gasteiger partial charge in [0, 0.05) is 0 Å². The number of halogens is 3. The second kappa shape index (κ2) is 30.8. The monoisotopic (exact) mass is 226 g/mol. The first-order valence-corrected chi connectivity index (χ1v) is 3.12. The first-order valence-electron chi connectivity index (χ1n) is 3.12. The average molecular weight is 228 g/mol. The van der Waals surface area contributed by atoms with Gasteiger partial charge in [-0.25, -0.2) is 0 Å². The predicted octanol–water partition coefficient (Wildman–Crippen LogP) is 2.82. The second-order valence-electron chi connectivity index (χ2n) is 1.75. The molecular weight excluding hydrogens is 206 g/mol. The minimum atomic E-state index is 0.